The van der Waals surface area contributed by atoms with E-state index in [1.54, 1.807) is 0 Å². The first-order valence-corrected chi connectivity index (χ1v) is 15.5. The molecule has 3 aromatic heterocycles. The van der Waals surface area contributed by atoms with Crippen LogP contribution in [0.15, 0.2) is 36.5 Å². The number of hydrogen-bond donors (Lipinski definition) is 0. The van der Waals surface area contributed by atoms with E-state index >= 15 is 4.39 Å². The van der Waals surface area contributed by atoms with Gasteiger partial charge in [0.2, 0.25) is 5.91 Å². The van der Waals surface area contributed by atoms with Crippen molar-refractivity contribution in [1.82, 2.24) is 19.5 Å². The number of amides is 1. The normalized spacial score (nSPS) is 21.4. The molecular weight excluding hydrogens is 565 g/mol. The number of likely N-dealkylation sites (tertiary alicyclic amines) is 1. The monoisotopic (exact) mass is 599 g/mol. The maximum Gasteiger partial charge on any atom is 0.228 e. The van der Waals surface area contributed by atoms with E-state index in [1.165, 1.54) is 15.9 Å². The predicted octanol–water partition coefficient (Wildman–Crippen LogP) is 5.11. The zero-order chi connectivity index (χ0) is 31.2. The number of rotatable bonds is 6. The molecule has 4 aliphatic rings. The van der Waals surface area contributed by atoms with Crippen molar-refractivity contribution in [3.8, 4) is 17.3 Å². The molecule has 1 spiro atoms. The van der Waals surface area contributed by atoms with Gasteiger partial charge in [-0.2, -0.15) is 10.4 Å². The molecular formula is C32H32FN7O2S. The molecule has 4 aromatic rings. The van der Waals surface area contributed by atoms with Crippen molar-refractivity contribution < 1.29 is 16.7 Å². The fourth-order valence-corrected chi connectivity index (χ4v) is 7.53. The van der Waals surface area contributed by atoms with E-state index in [1.807, 2.05) is 52.9 Å². The van der Waals surface area contributed by atoms with Gasteiger partial charge >= 0.3 is 0 Å². The van der Waals surface area contributed by atoms with E-state index in [4.69, 9.17) is 16.2 Å². The Hall–Kier alpha value is -4.01. The zero-order valence-corrected chi connectivity index (χ0v) is 24.9. The predicted molar refractivity (Wildman–Crippen MR) is 162 cm³/mol. The number of carbonyl (C=O) groups excluding carboxylic acids is 1. The van der Waals surface area contributed by atoms with E-state index in [9.17, 15) is 11.4 Å². The number of nitrogens with zero attached hydrogens (tertiary/aromatic N) is 7. The summed E-state index contributed by atoms with van der Waals surface area (Å²) in [5.74, 6) is -0.558. The van der Waals surface area contributed by atoms with E-state index < -0.39 is 5.82 Å². The van der Waals surface area contributed by atoms with Crippen molar-refractivity contribution >= 4 is 39.3 Å². The number of halogens is 1. The van der Waals surface area contributed by atoms with Gasteiger partial charge in [-0.3, -0.25) is 4.79 Å². The number of aryl methyl sites for hydroxylation is 1. The fourth-order valence-electron chi connectivity index (χ4n) is 6.67. The molecule has 1 atom stereocenters. The Bertz CT molecular complexity index is 1900. The second kappa shape index (κ2) is 9.76. The molecule has 3 saturated heterocycles. The Morgan fingerprint density at radius 3 is 2.67 bits per heavy atom. The lowest BCUT2D eigenvalue weighted by Crippen LogP contribution is -2.73. The minimum Gasteiger partial charge on any atom is -0.381 e. The Labute approximate surface area is 255 Å². The first-order chi connectivity index (χ1) is 21.7. The summed E-state index contributed by atoms with van der Waals surface area (Å²) >= 11 is 1.26. The number of ether oxygens (including phenoxy) is 1. The number of benzene rings is 1. The lowest BCUT2D eigenvalue weighted by molar-refractivity contribution is -0.149. The number of fused-ring (bicyclic) bond motifs is 1. The molecule has 0 bridgehead atoms. The van der Waals surface area contributed by atoms with Gasteiger partial charge in [-0.25, -0.2) is 13.9 Å². The van der Waals surface area contributed by atoms with Gasteiger partial charge in [0.1, 0.15) is 16.6 Å². The van der Waals surface area contributed by atoms with Crippen molar-refractivity contribution in [2.24, 2.45) is 11.3 Å². The largest absolute Gasteiger partial charge is 0.381 e. The first-order valence-electron chi connectivity index (χ1n) is 15.7. The van der Waals surface area contributed by atoms with Gasteiger partial charge < -0.3 is 19.4 Å². The molecule has 9 nitrogen and oxygen atoms in total. The average Bonchev–Trinajstić information content (AvgIpc) is 3.37. The Balaban J connectivity index is 1.14. The Morgan fingerprint density at radius 1 is 1.23 bits per heavy atom. The summed E-state index contributed by atoms with van der Waals surface area (Å²) in [4.78, 5) is 23.7. The maximum absolute atomic E-state index is 15.9. The van der Waals surface area contributed by atoms with Gasteiger partial charge in [0.15, 0.2) is 10.9 Å². The highest BCUT2D eigenvalue weighted by atomic mass is 32.1. The molecule has 1 amide bonds. The smallest absolute Gasteiger partial charge is 0.228 e. The van der Waals surface area contributed by atoms with E-state index in [0.29, 0.717) is 72.0 Å². The molecule has 0 radical (unpaired) electrons. The highest BCUT2D eigenvalue weighted by molar-refractivity contribution is 7.16. The standard InChI is InChI=1S/C32H32FN7O2S/c1-19-3-5-20(6-4-19)27-26(12-34)43-31(35-27)37(2)29-25-11-24(23(33)13-40(25)36-28(29)21-7-8-21)38-15-32(16-38)17-39(18-32)30(41)22-9-10-42-14-22/h3-6,11,13,21-22H,7-10,14-18H2,1-2H3/t22-/m1/s1/i11D,13D. The molecule has 0 N–H and O–H groups in total. The van der Waals surface area contributed by atoms with Gasteiger partial charge in [0.25, 0.3) is 0 Å². The SMILES string of the molecule is [2H]c1c(N2CC3(CN(C(=O)[C@@H]4CCOC4)C3)C2)c(F)c([2H])n2nc(C3CC3)c(N(C)c3nc(-c4ccc(C)cc4)c(C#N)s3)c12. The van der Waals surface area contributed by atoms with Crippen LogP contribution in [0.2, 0.25) is 0 Å². The number of pyridine rings is 1. The van der Waals surface area contributed by atoms with Crippen molar-refractivity contribution in [3.63, 3.8) is 0 Å². The second-order valence-corrected chi connectivity index (χ2v) is 13.5. The second-order valence-electron chi connectivity index (χ2n) is 12.5. The number of hydrogen-bond acceptors (Lipinski definition) is 8. The van der Waals surface area contributed by atoms with Crippen LogP contribution < -0.4 is 9.80 Å². The highest BCUT2D eigenvalue weighted by Gasteiger charge is 2.54. The summed E-state index contributed by atoms with van der Waals surface area (Å²) in [6.45, 7) is 5.37. The average molecular weight is 600 g/mol. The number of aromatic nitrogens is 3. The lowest BCUT2D eigenvalue weighted by Gasteiger charge is -2.61. The summed E-state index contributed by atoms with van der Waals surface area (Å²) < 4.78 is 40.6. The molecule has 4 fully saturated rings. The van der Waals surface area contributed by atoms with Crippen LogP contribution in [0.4, 0.5) is 20.9 Å². The van der Waals surface area contributed by atoms with Crippen LogP contribution in [0.5, 0.6) is 0 Å². The minimum absolute atomic E-state index is 0.0224. The zero-order valence-electron chi connectivity index (χ0n) is 26.1. The van der Waals surface area contributed by atoms with Gasteiger partial charge in [-0.1, -0.05) is 41.2 Å². The van der Waals surface area contributed by atoms with Gasteiger partial charge in [-0.05, 0) is 32.2 Å². The van der Waals surface area contributed by atoms with E-state index in [0.717, 1.165) is 30.4 Å². The molecule has 8 rings (SSSR count). The van der Waals surface area contributed by atoms with Crippen LogP contribution in [0.25, 0.3) is 16.8 Å². The molecule has 43 heavy (non-hydrogen) atoms. The third kappa shape index (κ3) is 4.38. The fraction of sp³-hybridized carbons (Fsp3) is 0.438. The molecule has 3 aliphatic heterocycles. The number of thiazole rings is 1. The number of carbonyl (C=O) groups is 1. The molecule has 1 aliphatic carbocycles. The summed E-state index contributed by atoms with van der Waals surface area (Å²) in [6.07, 6.45) is 2.22. The van der Waals surface area contributed by atoms with Crippen LogP contribution in [0.3, 0.4) is 0 Å². The third-order valence-corrected chi connectivity index (χ3v) is 10.2. The van der Waals surface area contributed by atoms with Crippen LogP contribution >= 0.6 is 11.3 Å². The van der Waals surface area contributed by atoms with E-state index in [-0.39, 0.29) is 41.1 Å². The Morgan fingerprint density at radius 2 is 2.00 bits per heavy atom. The minimum atomic E-state index is -0.764. The topological polar surface area (TPSA) is 90.0 Å². The highest BCUT2D eigenvalue weighted by Crippen LogP contribution is 2.49. The van der Waals surface area contributed by atoms with Crippen molar-refractivity contribution in [2.75, 3.05) is 56.2 Å². The maximum atomic E-state index is 15.9. The lowest BCUT2D eigenvalue weighted by atomic mass is 9.72. The summed E-state index contributed by atoms with van der Waals surface area (Å²) in [7, 11) is 1.84. The van der Waals surface area contributed by atoms with Crippen LogP contribution in [-0.4, -0.2) is 71.8 Å². The van der Waals surface area contributed by atoms with Crippen LogP contribution in [0.1, 0.15) is 44.1 Å². The molecule has 0 unspecified atom stereocenters. The summed E-state index contributed by atoms with van der Waals surface area (Å²) in [6, 6.07) is 10.1. The van der Waals surface area contributed by atoms with Crippen molar-refractivity contribution in [2.45, 2.75) is 32.1 Å². The van der Waals surface area contributed by atoms with Gasteiger partial charge in [0.05, 0.1) is 44.0 Å². The molecule has 1 aromatic carbocycles. The summed E-state index contributed by atoms with van der Waals surface area (Å²) in [5, 5.41) is 15.2. The Kier molecular flexibility index (Phi) is 5.54. The quantitative estimate of drug-likeness (QED) is 0.304. The first kappa shape index (κ1) is 24.4. The van der Waals surface area contributed by atoms with Crippen LogP contribution in [0, 0.1) is 35.4 Å². The summed E-state index contributed by atoms with van der Waals surface area (Å²) in [5.41, 5.74) is 4.22. The molecule has 220 valence electrons. The van der Waals surface area contributed by atoms with E-state index in [2.05, 4.69) is 6.07 Å². The third-order valence-electron chi connectivity index (χ3n) is 9.18. The molecule has 11 heteroatoms. The van der Waals surface area contributed by atoms with Crippen molar-refractivity contribution in [3.05, 3.63) is 58.4 Å². The van der Waals surface area contributed by atoms with Crippen molar-refractivity contribution in [1.29, 1.82) is 5.26 Å². The number of nitriles is 1. The molecule has 1 saturated carbocycles. The molecule has 6 heterocycles. The number of anilines is 3. The van der Waals surface area contributed by atoms with Gasteiger partial charge in [0, 0.05) is 56.7 Å². The van der Waals surface area contributed by atoms with Gasteiger partial charge in [-0.15, -0.1) is 0 Å². The van der Waals surface area contributed by atoms with Crippen LogP contribution in [-0.2, 0) is 9.53 Å².